The van der Waals surface area contributed by atoms with Crippen molar-refractivity contribution in [2.75, 3.05) is 29.9 Å². The van der Waals surface area contributed by atoms with Gasteiger partial charge in [-0.05, 0) is 44.4 Å². The van der Waals surface area contributed by atoms with Crippen LogP contribution in [-0.2, 0) is 9.53 Å². The van der Waals surface area contributed by atoms with Crippen molar-refractivity contribution in [2.45, 2.75) is 26.7 Å². The van der Waals surface area contributed by atoms with Gasteiger partial charge in [0.15, 0.2) is 0 Å². The summed E-state index contributed by atoms with van der Waals surface area (Å²) in [6.07, 6.45) is 2.67. The molecular weight excluding hydrogens is 398 g/mol. The number of esters is 1. The summed E-state index contributed by atoms with van der Waals surface area (Å²) < 4.78 is 5.11. The highest BCUT2D eigenvalue weighted by molar-refractivity contribution is 6.30. The van der Waals surface area contributed by atoms with E-state index in [1.165, 1.54) is 6.33 Å². The van der Waals surface area contributed by atoms with Crippen molar-refractivity contribution in [1.82, 2.24) is 9.97 Å². The van der Waals surface area contributed by atoms with Gasteiger partial charge >= 0.3 is 11.7 Å². The minimum absolute atomic E-state index is 0.0728. The van der Waals surface area contributed by atoms with E-state index >= 15 is 0 Å². The minimum atomic E-state index is -0.508. The monoisotopic (exact) mass is 419 g/mol. The number of piperidine rings is 1. The maximum Gasteiger partial charge on any atom is 0.353 e. The molecule has 0 bridgehead atoms. The number of hydrogen-bond donors (Lipinski definition) is 1. The molecule has 1 N–H and O–H groups in total. The van der Waals surface area contributed by atoms with Gasteiger partial charge in [0, 0.05) is 23.8 Å². The molecule has 3 rings (SSSR count). The number of rotatable bonds is 6. The summed E-state index contributed by atoms with van der Waals surface area (Å²) >= 11 is 6.05. The Morgan fingerprint density at radius 2 is 2.24 bits per heavy atom. The molecule has 1 saturated heterocycles. The predicted molar refractivity (Wildman–Crippen MR) is 110 cm³/mol. The number of nitrogens with zero attached hydrogens (tertiary/aromatic N) is 4. The van der Waals surface area contributed by atoms with Gasteiger partial charge in [0.05, 0.1) is 17.4 Å². The van der Waals surface area contributed by atoms with Crippen LogP contribution in [-0.4, -0.2) is 40.6 Å². The molecule has 1 atom stereocenters. The Kier molecular flexibility index (Phi) is 6.48. The van der Waals surface area contributed by atoms with Crippen LogP contribution in [0.2, 0.25) is 5.02 Å². The van der Waals surface area contributed by atoms with E-state index in [1.807, 2.05) is 13.0 Å². The average molecular weight is 420 g/mol. The molecule has 0 saturated carbocycles. The van der Waals surface area contributed by atoms with E-state index in [0.29, 0.717) is 43.2 Å². The molecule has 9 nitrogen and oxygen atoms in total. The molecule has 1 fully saturated rings. The van der Waals surface area contributed by atoms with Crippen molar-refractivity contribution in [3.05, 3.63) is 45.2 Å². The van der Waals surface area contributed by atoms with Crippen LogP contribution in [0.25, 0.3) is 0 Å². The van der Waals surface area contributed by atoms with Crippen LogP contribution in [0.15, 0.2) is 24.5 Å². The number of aryl methyl sites for hydroxylation is 1. The second-order valence-electron chi connectivity index (χ2n) is 6.77. The summed E-state index contributed by atoms with van der Waals surface area (Å²) in [6.45, 7) is 4.79. The largest absolute Gasteiger partial charge is 0.466 e. The number of carbonyl (C=O) groups is 1. The summed E-state index contributed by atoms with van der Waals surface area (Å²) in [6, 6.07) is 5.23. The van der Waals surface area contributed by atoms with Crippen LogP contribution < -0.4 is 10.2 Å². The lowest BCUT2D eigenvalue weighted by molar-refractivity contribution is -0.383. The third-order valence-electron chi connectivity index (χ3n) is 4.78. The van der Waals surface area contributed by atoms with Gasteiger partial charge in [-0.2, -0.15) is 0 Å². The highest BCUT2D eigenvalue weighted by Crippen LogP contribution is 2.36. The summed E-state index contributed by atoms with van der Waals surface area (Å²) in [5.74, 6) is -0.378. The summed E-state index contributed by atoms with van der Waals surface area (Å²) in [5, 5.41) is 15.4. The van der Waals surface area contributed by atoms with Gasteiger partial charge in [-0.1, -0.05) is 17.7 Å². The van der Waals surface area contributed by atoms with Crippen LogP contribution in [0.3, 0.4) is 0 Å². The molecule has 0 aliphatic carbocycles. The van der Waals surface area contributed by atoms with Crippen molar-refractivity contribution in [1.29, 1.82) is 0 Å². The van der Waals surface area contributed by atoms with Crippen molar-refractivity contribution >= 4 is 40.6 Å². The van der Waals surface area contributed by atoms with E-state index in [2.05, 4.69) is 15.3 Å². The topological polar surface area (TPSA) is 110 Å². The molecule has 10 heteroatoms. The van der Waals surface area contributed by atoms with Gasteiger partial charge in [0.1, 0.15) is 6.33 Å². The quantitative estimate of drug-likeness (QED) is 0.426. The SMILES string of the molecule is CCOC(=O)C1CCCN(c2ncnc(Nc3cc(Cl)ccc3C)c2[N+](=O)[O-])C1. The molecule has 0 spiro atoms. The first kappa shape index (κ1) is 20.8. The number of carbonyl (C=O) groups excluding carboxylic acids is 1. The Labute approximate surface area is 173 Å². The molecule has 2 aromatic rings. The first-order chi connectivity index (χ1) is 13.9. The molecule has 1 aliphatic heterocycles. The molecule has 29 heavy (non-hydrogen) atoms. The third kappa shape index (κ3) is 4.73. The summed E-state index contributed by atoms with van der Waals surface area (Å²) in [4.78, 5) is 33.5. The molecular formula is C19H22ClN5O4. The first-order valence-electron chi connectivity index (χ1n) is 9.34. The lowest BCUT2D eigenvalue weighted by atomic mass is 9.98. The number of hydrogen-bond acceptors (Lipinski definition) is 8. The van der Waals surface area contributed by atoms with E-state index in [-0.39, 0.29) is 29.2 Å². The molecule has 2 heterocycles. The molecule has 1 aliphatic rings. The van der Waals surface area contributed by atoms with Crippen LogP contribution in [0.4, 0.5) is 23.0 Å². The molecule has 1 aromatic heterocycles. The average Bonchev–Trinajstić information content (AvgIpc) is 2.70. The summed E-state index contributed by atoms with van der Waals surface area (Å²) in [5.41, 5.74) is 1.24. The maximum atomic E-state index is 12.1. The lowest BCUT2D eigenvalue weighted by Gasteiger charge is -2.32. The molecule has 154 valence electrons. The fourth-order valence-electron chi connectivity index (χ4n) is 3.34. The molecule has 0 radical (unpaired) electrons. The normalized spacial score (nSPS) is 16.4. The van der Waals surface area contributed by atoms with E-state index < -0.39 is 4.92 Å². The Balaban J connectivity index is 1.94. The fraction of sp³-hybridized carbons (Fsp3) is 0.421. The highest BCUT2D eigenvalue weighted by atomic mass is 35.5. The number of benzene rings is 1. The lowest BCUT2D eigenvalue weighted by Crippen LogP contribution is -2.40. The van der Waals surface area contributed by atoms with Crippen molar-refractivity contribution in [3.8, 4) is 0 Å². The van der Waals surface area contributed by atoms with Gasteiger partial charge in [0.2, 0.25) is 11.6 Å². The predicted octanol–water partition coefficient (Wildman–Crippen LogP) is 3.87. The Hall–Kier alpha value is -2.94. The third-order valence-corrected chi connectivity index (χ3v) is 5.01. The van der Waals surface area contributed by atoms with Crippen LogP contribution in [0.5, 0.6) is 0 Å². The molecule has 1 unspecified atom stereocenters. The molecule has 1 aromatic carbocycles. The number of nitro groups is 1. The Morgan fingerprint density at radius 3 is 2.97 bits per heavy atom. The zero-order valence-corrected chi connectivity index (χ0v) is 17.0. The summed E-state index contributed by atoms with van der Waals surface area (Å²) in [7, 11) is 0. The first-order valence-corrected chi connectivity index (χ1v) is 9.72. The van der Waals surface area contributed by atoms with Gasteiger partial charge in [-0.15, -0.1) is 0 Å². The van der Waals surface area contributed by atoms with E-state index in [9.17, 15) is 14.9 Å². The number of halogens is 1. The smallest absolute Gasteiger partial charge is 0.353 e. The minimum Gasteiger partial charge on any atom is -0.466 e. The maximum absolute atomic E-state index is 12.1. The van der Waals surface area contributed by atoms with Gasteiger partial charge < -0.3 is 15.0 Å². The number of anilines is 3. The highest BCUT2D eigenvalue weighted by Gasteiger charge is 2.33. The fourth-order valence-corrected chi connectivity index (χ4v) is 3.51. The van der Waals surface area contributed by atoms with Crippen molar-refractivity contribution in [2.24, 2.45) is 5.92 Å². The van der Waals surface area contributed by atoms with Gasteiger partial charge in [-0.25, -0.2) is 9.97 Å². The number of ether oxygens (including phenoxy) is 1. The Morgan fingerprint density at radius 1 is 1.45 bits per heavy atom. The number of nitrogens with one attached hydrogen (secondary N) is 1. The Bertz CT molecular complexity index is 923. The van der Waals surface area contributed by atoms with Crippen LogP contribution >= 0.6 is 11.6 Å². The molecule has 0 amide bonds. The van der Waals surface area contributed by atoms with Crippen LogP contribution in [0.1, 0.15) is 25.3 Å². The van der Waals surface area contributed by atoms with E-state index in [0.717, 1.165) is 5.56 Å². The van der Waals surface area contributed by atoms with Crippen molar-refractivity contribution < 1.29 is 14.5 Å². The second-order valence-corrected chi connectivity index (χ2v) is 7.21. The second kappa shape index (κ2) is 9.04. The standard InChI is InChI=1S/C19H22ClN5O4/c1-3-29-19(26)13-5-4-8-24(10-13)18-16(25(27)28)17(21-11-22-18)23-15-9-14(20)7-6-12(15)2/h6-7,9,11,13H,3-5,8,10H2,1-2H3,(H,21,22,23). The zero-order valence-electron chi connectivity index (χ0n) is 16.2. The van der Waals surface area contributed by atoms with Crippen molar-refractivity contribution in [3.63, 3.8) is 0 Å². The van der Waals surface area contributed by atoms with E-state index in [4.69, 9.17) is 16.3 Å². The van der Waals surface area contributed by atoms with Crippen LogP contribution in [0, 0.1) is 23.0 Å². The van der Waals surface area contributed by atoms with Gasteiger partial charge in [0.25, 0.3) is 0 Å². The van der Waals surface area contributed by atoms with E-state index in [1.54, 1.807) is 24.0 Å². The number of aromatic nitrogens is 2. The zero-order chi connectivity index (χ0) is 21.0. The van der Waals surface area contributed by atoms with Gasteiger partial charge in [-0.3, -0.25) is 14.9 Å².